The van der Waals surface area contributed by atoms with Gasteiger partial charge in [0.05, 0.1) is 13.2 Å². The summed E-state index contributed by atoms with van der Waals surface area (Å²) in [6, 6.07) is 0. The van der Waals surface area contributed by atoms with Gasteiger partial charge in [0.2, 0.25) is 0 Å². The predicted octanol–water partition coefficient (Wildman–Crippen LogP) is -1.07. The first-order chi connectivity index (χ1) is 4.41. The fourth-order valence-corrected chi connectivity index (χ4v) is 0.580. The Morgan fingerprint density at radius 3 is 2.44 bits per heavy atom. The molecule has 1 aliphatic rings. The molecule has 56 valence electrons. The summed E-state index contributed by atoms with van der Waals surface area (Å²) in [5, 5.41) is 9.74. The maximum absolute atomic E-state index is 7.57. The molecular formula is C6H16NO2+. The number of hydrogen-bond donors (Lipinski definition) is 2. The molecular weight excluding hydrogens is 118 g/mol. The monoisotopic (exact) mass is 134 g/mol. The van der Waals surface area contributed by atoms with E-state index in [1.165, 1.54) is 13.0 Å². The number of aliphatic hydroxyl groups is 1. The minimum atomic E-state index is 0.250. The summed E-state index contributed by atoms with van der Waals surface area (Å²) in [7, 11) is 0. The molecule has 0 unspecified atom stereocenters. The van der Waals surface area contributed by atoms with Crippen molar-refractivity contribution < 1.29 is 15.2 Å². The minimum Gasteiger partial charge on any atom is -0.397 e. The average molecular weight is 134 g/mol. The van der Waals surface area contributed by atoms with Gasteiger partial charge in [-0.3, -0.25) is 0 Å². The Kier molecular flexibility index (Phi) is 7.77. The van der Waals surface area contributed by atoms with Crippen LogP contribution in [0, 0.1) is 0 Å². The highest BCUT2D eigenvalue weighted by Crippen LogP contribution is 1.77. The molecule has 0 aromatic rings. The summed E-state index contributed by atoms with van der Waals surface area (Å²) in [5.74, 6) is 0. The van der Waals surface area contributed by atoms with Crippen molar-refractivity contribution in [2.75, 3.05) is 26.5 Å². The van der Waals surface area contributed by atoms with Gasteiger partial charge in [0.1, 0.15) is 0 Å². The maximum Gasteiger partial charge on any atom is 0.180 e. The number of aliphatic hydroxyl groups excluding tert-OH is 1. The Hall–Kier alpha value is -0.120. The summed E-state index contributed by atoms with van der Waals surface area (Å²) in [4.78, 5) is 0. The molecule has 0 radical (unpaired) electrons. The summed E-state index contributed by atoms with van der Waals surface area (Å²) < 4.78 is 5.01. The molecule has 1 saturated heterocycles. The van der Waals surface area contributed by atoms with Gasteiger partial charge in [-0.1, -0.05) is 0 Å². The van der Waals surface area contributed by atoms with Crippen LogP contribution in [0.25, 0.3) is 0 Å². The second-order valence-corrected chi connectivity index (χ2v) is 1.82. The minimum absolute atomic E-state index is 0.250. The van der Waals surface area contributed by atoms with Crippen LogP contribution in [-0.4, -0.2) is 31.6 Å². The van der Waals surface area contributed by atoms with Crippen LogP contribution < -0.4 is 5.32 Å². The van der Waals surface area contributed by atoms with Crippen molar-refractivity contribution in [3.05, 3.63) is 0 Å². The fraction of sp³-hybridized carbons (Fsp3) is 1.00. The Morgan fingerprint density at radius 1 is 1.67 bits per heavy atom. The Balaban J connectivity index is 0.000000187. The quantitative estimate of drug-likeness (QED) is 0.443. The summed E-state index contributed by atoms with van der Waals surface area (Å²) in [6.07, 6.45) is 1.22. The van der Waals surface area contributed by atoms with E-state index in [0.29, 0.717) is 0 Å². The van der Waals surface area contributed by atoms with Crippen LogP contribution >= 0.6 is 0 Å². The van der Waals surface area contributed by atoms with E-state index in [-0.39, 0.29) is 6.61 Å². The molecule has 0 aromatic heterocycles. The molecule has 0 aromatic carbocycles. The summed E-state index contributed by atoms with van der Waals surface area (Å²) in [5.41, 5.74) is 0. The first-order valence-corrected chi connectivity index (χ1v) is 3.42. The van der Waals surface area contributed by atoms with Crippen LogP contribution in [0.1, 0.15) is 13.3 Å². The molecule has 1 heterocycles. The Bertz CT molecular complexity index is 34.8. The maximum atomic E-state index is 7.57. The van der Waals surface area contributed by atoms with Gasteiger partial charge < -0.3 is 15.2 Å². The smallest absolute Gasteiger partial charge is 0.180 e. The second-order valence-electron chi connectivity index (χ2n) is 1.82. The van der Waals surface area contributed by atoms with Gasteiger partial charge in [0.25, 0.3) is 0 Å². The van der Waals surface area contributed by atoms with Gasteiger partial charge in [-0.05, 0) is 6.92 Å². The SMILES string of the molecule is C1C[NH2+]COC1.CCO. The Labute approximate surface area is 56.0 Å². The lowest BCUT2D eigenvalue weighted by Gasteiger charge is -2.07. The van der Waals surface area contributed by atoms with Gasteiger partial charge in [0, 0.05) is 13.0 Å². The van der Waals surface area contributed by atoms with E-state index in [0.717, 1.165) is 13.3 Å². The topological polar surface area (TPSA) is 46.1 Å². The average Bonchev–Trinajstić information content (AvgIpc) is 1.93. The second kappa shape index (κ2) is 7.88. The van der Waals surface area contributed by atoms with Crippen molar-refractivity contribution in [3.63, 3.8) is 0 Å². The molecule has 3 nitrogen and oxygen atoms in total. The largest absolute Gasteiger partial charge is 0.397 e. The predicted molar refractivity (Wildman–Crippen MR) is 35.0 cm³/mol. The van der Waals surface area contributed by atoms with Crippen LogP contribution in [0.4, 0.5) is 0 Å². The van der Waals surface area contributed by atoms with Gasteiger partial charge >= 0.3 is 0 Å². The van der Waals surface area contributed by atoms with E-state index in [2.05, 4.69) is 5.32 Å². The van der Waals surface area contributed by atoms with Gasteiger partial charge in [-0.25, -0.2) is 0 Å². The van der Waals surface area contributed by atoms with E-state index in [9.17, 15) is 0 Å². The Morgan fingerprint density at radius 2 is 2.33 bits per heavy atom. The molecule has 0 atom stereocenters. The van der Waals surface area contributed by atoms with E-state index >= 15 is 0 Å². The highest BCUT2D eigenvalue weighted by Gasteiger charge is 1.96. The fourth-order valence-electron chi connectivity index (χ4n) is 0.580. The van der Waals surface area contributed by atoms with Crippen LogP contribution in [0.15, 0.2) is 0 Å². The number of hydrogen-bond acceptors (Lipinski definition) is 2. The zero-order chi connectivity index (χ0) is 6.95. The molecule has 0 bridgehead atoms. The normalized spacial score (nSPS) is 18.0. The van der Waals surface area contributed by atoms with Crippen molar-refractivity contribution >= 4 is 0 Å². The molecule has 0 amide bonds. The van der Waals surface area contributed by atoms with E-state index in [4.69, 9.17) is 9.84 Å². The van der Waals surface area contributed by atoms with E-state index in [1.54, 1.807) is 6.92 Å². The van der Waals surface area contributed by atoms with Crippen molar-refractivity contribution in [1.82, 2.24) is 0 Å². The number of ether oxygens (including phenoxy) is 1. The van der Waals surface area contributed by atoms with Crippen LogP contribution in [0.2, 0.25) is 0 Å². The standard InChI is InChI=1S/C4H9NO.C2H6O/c1-2-5-4-6-3-1;1-2-3/h5H,1-4H2;3H,2H2,1H3/p+1. The first kappa shape index (κ1) is 8.88. The van der Waals surface area contributed by atoms with E-state index < -0.39 is 0 Å². The van der Waals surface area contributed by atoms with Crippen LogP contribution in [0.5, 0.6) is 0 Å². The number of nitrogens with two attached hydrogens (primary N) is 1. The van der Waals surface area contributed by atoms with Gasteiger partial charge in [-0.15, -0.1) is 0 Å². The van der Waals surface area contributed by atoms with Gasteiger partial charge in [0.15, 0.2) is 6.73 Å². The highest BCUT2D eigenvalue weighted by molar-refractivity contribution is 4.30. The molecule has 1 fully saturated rings. The first-order valence-electron chi connectivity index (χ1n) is 3.42. The lowest BCUT2D eigenvalue weighted by Crippen LogP contribution is -2.86. The van der Waals surface area contributed by atoms with Crippen molar-refractivity contribution in [2.24, 2.45) is 0 Å². The molecule has 3 heteroatoms. The van der Waals surface area contributed by atoms with Crippen LogP contribution in [0.3, 0.4) is 0 Å². The summed E-state index contributed by atoms with van der Waals surface area (Å²) >= 11 is 0. The van der Waals surface area contributed by atoms with Crippen LogP contribution in [-0.2, 0) is 4.74 Å². The molecule has 9 heavy (non-hydrogen) atoms. The number of rotatable bonds is 0. The molecule has 1 aliphatic heterocycles. The lowest BCUT2D eigenvalue weighted by atomic mass is 10.4. The molecule has 0 saturated carbocycles. The van der Waals surface area contributed by atoms with Crippen molar-refractivity contribution in [3.8, 4) is 0 Å². The molecule has 1 rings (SSSR count). The third-order valence-corrected chi connectivity index (χ3v) is 0.933. The van der Waals surface area contributed by atoms with Crippen molar-refractivity contribution in [1.29, 1.82) is 0 Å². The number of quaternary nitrogens is 1. The lowest BCUT2D eigenvalue weighted by molar-refractivity contribution is -0.699. The van der Waals surface area contributed by atoms with Gasteiger partial charge in [-0.2, -0.15) is 0 Å². The summed E-state index contributed by atoms with van der Waals surface area (Å²) in [6.45, 7) is 5.02. The third kappa shape index (κ3) is 7.88. The van der Waals surface area contributed by atoms with E-state index in [1.807, 2.05) is 0 Å². The van der Waals surface area contributed by atoms with Crippen molar-refractivity contribution in [2.45, 2.75) is 13.3 Å². The third-order valence-electron chi connectivity index (χ3n) is 0.933. The molecule has 0 spiro atoms. The molecule has 0 aliphatic carbocycles. The molecule has 3 N–H and O–H groups in total. The zero-order valence-electron chi connectivity index (χ0n) is 5.97. The highest BCUT2D eigenvalue weighted by atomic mass is 16.5. The zero-order valence-corrected chi connectivity index (χ0v) is 5.97.